The number of benzene rings is 2. The van der Waals surface area contributed by atoms with Gasteiger partial charge >= 0.3 is 0 Å². The predicted molar refractivity (Wildman–Crippen MR) is 96.7 cm³/mol. The summed E-state index contributed by atoms with van der Waals surface area (Å²) in [5.74, 6) is 0. The van der Waals surface area contributed by atoms with E-state index >= 15 is 0 Å². The van der Waals surface area contributed by atoms with Crippen molar-refractivity contribution in [2.75, 3.05) is 0 Å². The average molecular weight is 338 g/mol. The van der Waals surface area contributed by atoms with Crippen molar-refractivity contribution < 1.29 is 12.8 Å². The molecular formula is C20H18O3S. The number of furan rings is 1. The number of sulfone groups is 1. The molecule has 2 bridgehead atoms. The second-order valence-corrected chi connectivity index (χ2v) is 9.34. The molecule has 2 aliphatic heterocycles. The highest BCUT2D eigenvalue weighted by atomic mass is 32.2. The number of allylic oxidation sites excluding steroid dienone is 1. The third-order valence-corrected chi connectivity index (χ3v) is 8.03. The van der Waals surface area contributed by atoms with E-state index in [9.17, 15) is 8.42 Å². The van der Waals surface area contributed by atoms with Gasteiger partial charge in [0.05, 0.1) is 10.5 Å². The van der Waals surface area contributed by atoms with Crippen molar-refractivity contribution in [1.82, 2.24) is 0 Å². The summed E-state index contributed by atoms with van der Waals surface area (Å²) in [4.78, 5) is 0. The Hall–Kier alpha value is -2.07. The van der Waals surface area contributed by atoms with Crippen LogP contribution >= 0.6 is 0 Å². The van der Waals surface area contributed by atoms with Gasteiger partial charge in [-0.2, -0.15) is 0 Å². The Balaban J connectivity index is 1.67. The largest absolute Gasteiger partial charge is 0.456 e. The lowest BCUT2D eigenvalue weighted by atomic mass is 9.92. The van der Waals surface area contributed by atoms with E-state index in [1.165, 1.54) is 5.57 Å². The Labute approximate surface area is 140 Å². The first-order valence-electron chi connectivity index (χ1n) is 8.48. The fourth-order valence-corrected chi connectivity index (χ4v) is 6.45. The van der Waals surface area contributed by atoms with Crippen molar-refractivity contribution >= 4 is 37.3 Å². The van der Waals surface area contributed by atoms with Crippen LogP contribution in [0.15, 0.2) is 53.0 Å². The van der Waals surface area contributed by atoms with Gasteiger partial charge in [-0.3, -0.25) is 0 Å². The zero-order chi connectivity index (χ0) is 16.3. The summed E-state index contributed by atoms with van der Waals surface area (Å²) >= 11 is 0. The Bertz CT molecular complexity index is 1090. The van der Waals surface area contributed by atoms with Gasteiger partial charge < -0.3 is 4.42 Å². The molecule has 2 aromatic carbocycles. The molecule has 5 rings (SSSR count). The van der Waals surface area contributed by atoms with Gasteiger partial charge in [0.25, 0.3) is 0 Å². The summed E-state index contributed by atoms with van der Waals surface area (Å²) in [6, 6.07) is 14.3. The van der Waals surface area contributed by atoms with Crippen LogP contribution in [-0.2, 0) is 9.84 Å². The summed E-state index contributed by atoms with van der Waals surface area (Å²) in [5, 5.41) is 1.71. The number of hydrogen-bond donors (Lipinski definition) is 0. The molecular weight excluding hydrogens is 320 g/mol. The zero-order valence-electron chi connectivity index (χ0n) is 13.2. The van der Waals surface area contributed by atoms with Crippen molar-refractivity contribution in [1.29, 1.82) is 0 Å². The quantitative estimate of drug-likeness (QED) is 0.645. The molecule has 3 nitrogen and oxygen atoms in total. The highest BCUT2D eigenvalue weighted by Crippen LogP contribution is 2.40. The normalized spacial score (nSPS) is 25.8. The van der Waals surface area contributed by atoms with Gasteiger partial charge in [0, 0.05) is 10.8 Å². The smallest absolute Gasteiger partial charge is 0.159 e. The minimum Gasteiger partial charge on any atom is -0.456 e. The van der Waals surface area contributed by atoms with Crippen molar-refractivity contribution in [2.45, 2.75) is 36.2 Å². The van der Waals surface area contributed by atoms with Crippen LogP contribution in [0.5, 0.6) is 0 Å². The maximum absolute atomic E-state index is 12.5. The summed E-state index contributed by atoms with van der Waals surface area (Å²) < 4.78 is 30.8. The van der Waals surface area contributed by atoms with E-state index < -0.39 is 9.84 Å². The van der Waals surface area contributed by atoms with Crippen LogP contribution in [0.1, 0.15) is 31.2 Å². The Kier molecular flexibility index (Phi) is 2.95. The SMILES string of the molecule is O=S1(=O)C2C=C(c3ccc4oc5ccccc5c4c3)CC1CCC2. The topological polar surface area (TPSA) is 47.3 Å². The Morgan fingerprint density at radius 3 is 2.67 bits per heavy atom. The lowest BCUT2D eigenvalue weighted by Gasteiger charge is -2.33. The lowest BCUT2D eigenvalue weighted by Crippen LogP contribution is -2.38. The van der Waals surface area contributed by atoms with Crippen LogP contribution < -0.4 is 0 Å². The molecule has 24 heavy (non-hydrogen) atoms. The van der Waals surface area contributed by atoms with Crippen molar-refractivity contribution in [3.05, 3.63) is 54.1 Å². The first-order valence-corrected chi connectivity index (χ1v) is 10.1. The Morgan fingerprint density at radius 2 is 1.79 bits per heavy atom. The van der Waals surface area contributed by atoms with Crippen LogP contribution in [0.2, 0.25) is 0 Å². The van der Waals surface area contributed by atoms with Crippen LogP contribution in [0, 0.1) is 0 Å². The summed E-state index contributed by atoms with van der Waals surface area (Å²) in [6.07, 6.45) is 5.21. The van der Waals surface area contributed by atoms with Gasteiger partial charge in [-0.1, -0.05) is 36.8 Å². The minimum atomic E-state index is -2.97. The molecule has 2 aliphatic rings. The van der Waals surface area contributed by atoms with E-state index in [1.807, 2.05) is 30.3 Å². The molecule has 122 valence electrons. The molecule has 0 spiro atoms. The minimum absolute atomic E-state index is 0.201. The van der Waals surface area contributed by atoms with Crippen LogP contribution in [0.25, 0.3) is 27.5 Å². The van der Waals surface area contributed by atoms with Crippen LogP contribution in [-0.4, -0.2) is 18.9 Å². The molecule has 1 aromatic heterocycles. The Morgan fingerprint density at radius 1 is 0.958 bits per heavy atom. The second-order valence-electron chi connectivity index (χ2n) is 6.89. The van der Waals surface area contributed by atoms with E-state index in [0.717, 1.165) is 46.8 Å². The van der Waals surface area contributed by atoms with Crippen molar-refractivity contribution in [2.24, 2.45) is 0 Å². The fourth-order valence-electron chi connectivity index (χ4n) is 4.20. The number of hydrogen-bond acceptors (Lipinski definition) is 3. The van der Waals surface area contributed by atoms with Gasteiger partial charge in [0.1, 0.15) is 11.2 Å². The maximum Gasteiger partial charge on any atom is 0.159 e. The predicted octanol–water partition coefficient (Wildman–Crippen LogP) is 4.71. The van der Waals surface area contributed by atoms with Crippen LogP contribution in [0.4, 0.5) is 0 Å². The van der Waals surface area contributed by atoms with E-state index in [-0.39, 0.29) is 10.5 Å². The van der Waals surface area contributed by atoms with Gasteiger partial charge in [-0.15, -0.1) is 0 Å². The summed E-state index contributed by atoms with van der Waals surface area (Å²) in [6.45, 7) is 0. The number of fused-ring (bicyclic) bond motifs is 5. The van der Waals surface area contributed by atoms with Gasteiger partial charge in [0.2, 0.25) is 0 Å². The molecule has 1 saturated heterocycles. The van der Waals surface area contributed by atoms with Gasteiger partial charge in [0.15, 0.2) is 9.84 Å². The van der Waals surface area contributed by atoms with Gasteiger partial charge in [-0.05, 0) is 48.6 Å². The molecule has 0 aliphatic carbocycles. The first-order chi connectivity index (χ1) is 11.6. The zero-order valence-corrected chi connectivity index (χ0v) is 14.1. The van der Waals surface area contributed by atoms with E-state index in [0.29, 0.717) is 6.42 Å². The third-order valence-electron chi connectivity index (χ3n) is 5.48. The molecule has 2 atom stereocenters. The fraction of sp³-hybridized carbons (Fsp3) is 0.300. The molecule has 0 radical (unpaired) electrons. The molecule has 2 unspecified atom stereocenters. The molecule has 0 N–H and O–H groups in total. The molecule has 3 aromatic rings. The maximum atomic E-state index is 12.5. The summed E-state index contributed by atoms with van der Waals surface area (Å²) in [7, 11) is -2.97. The third kappa shape index (κ3) is 1.99. The molecule has 0 saturated carbocycles. The standard InChI is InChI=1S/C20H18O3S/c21-24(22)15-4-3-5-16(24)11-14(10-15)13-8-9-20-18(12-13)17-6-1-2-7-19(17)23-20/h1-2,6-10,12,15-16H,3-5,11H2. The van der Waals surface area contributed by atoms with Gasteiger partial charge in [-0.25, -0.2) is 8.42 Å². The first kappa shape index (κ1) is 14.3. The molecule has 3 heterocycles. The van der Waals surface area contributed by atoms with Crippen molar-refractivity contribution in [3.8, 4) is 0 Å². The lowest BCUT2D eigenvalue weighted by molar-refractivity contribution is 0.518. The molecule has 1 fully saturated rings. The van der Waals surface area contributed by atoms with E-state index in [1.54, 1.807) is 0 Å². The van der Waals surface area contributed by atoms with Crippen molar-refractivity contribution in [3.63, 3.8) is 0 Å². The monoisotopic (exact) mass is 338 g/mol. The van der Waals surface area contributed by atoms with E-state index in [4.69, 9.17) is 4.42 Å². The molecule has 4 heteroatoms. The van der Waals surface area contributed by atoms with E-state index in [2.05, 4.69) is 18.2 Å². The number of para-hydroxylation sites is 1. The highest BCUT2D eigenvalue weighted by Gasteiger charge is 2.40. The summed E-state index contributed by atoms with van der Waals surface area (Å²) in [5.41, 5.74) is 4.07. The second kappa shape index (κ2) is 4.96. The highest BCUT2D eigenvalue weighted by molar-refractivity contribution is 7.93. The van der Waals surface area contributed by atoms with Crippen LogP contribution in [0.3, 0.4) is 0 Å². The number of rotatable bonds is 1. The molecule has 0 amide bonds. The average Bonchev–Trinajstić information content (AvgIpc) is 2.91.